The molecule has 29 heavy (non-hydrogen) atoms. The Bertz CT molecular complexity index is 880. The molecule has 3 aliphatic rings. The lowest BCUT2D eigenvalue weighted by Gasteiger charge is -2.49. The molecule has 0 radical (unpaired) electrons. The van der Waals surface area contributed by atoms with Gasteiger partial charge in [0.25, 0.3) is 0 Å². The summed E-state index contributed by atoms with van der Waals surface area (Å²) >= 11 is 0. The maximum Gasteiger partial charge on any atom is 0.225 e. The molecule has 0 bridgehead atoms. The van der Waals surface area contributed by atoms with Crippen LogP contribution < -0.4 is 10.2 Å². The molecule has 1 N–H and O–H groups in total. The van der Waals surface area contributed by atoms with Crippen LogP contribution in [0.3, 0.4) is 0 Å². The fraction of sp³-hybridized carbons (Fsp3) is 0.458. The van der Waals surface area contributed by atoms with Crippen LogP contribution >= 0.6 is 0 Å². The van der Waals surface area contributed by atoms with Crippen LogP contribution in [0.4, 0.5) is 10.1 Å². The quantitative estimate of drug-likeness (QED) is 0.847. The number of halogens is 1. The number of rotatable bonds is 5. The number of hydrogen-bond acceptors (Lipinski definition) is 3. The van der Waals surface area contributed by atoms with E-state index in [9.17, 15) is 9.18 Å². The number of fused-ring (bicyclic) bond motifs is 3. The Hall–Kier alpha value is -2.40. The fourth-order valence-electron chi connectivity index (χ4n) is 4.81. The van der Waals surface area contributed by atoms with Gasteiger partial charge in [-0.15, -0.1) is 0 Å². The predicted octanol–water partition coefficient (Wildman–Crippen LogP) is 3.22. The summed E-state index contributed by atoms with van der Waals surface area (Å²) in [6, 6.07) is 15.5. The van der Waals surface area contributed by atoms with Gasteiger partial charge in [0.2, 0.25) is 5.91 Å². The summed E-state index contributed by atoms with van der Waals surface area (Å²) in [5.41, 5.74) is 3.68. The van der Waals surface area contributed by atoms with Gasteiger partial charge in [0.05, 0.1) is 12.0 Å². The highest BCUT2D eigenvalue weighted by Gasteiger charge is 2.41. The average molecular weight is 394 g/mol. The molecule has 0 aromatic heterocycles. The summed E-state index contributed by atoms with van der Waals surface area (Å²) in [7, 11) is 0. The molecule has 5 rings (SSSR count). The van der Waals surface area contributed by atoms with E-state index < -0.39 is 0 Å². The molecular weight excluding hydrogens is 365 g/mol. The van der Waals surface area contributed by atoms with Crippen molar-refractivity contribution in [2.75, 3.05) is 31.1 Å². The first-order chi connectivity index (χ1) is 14.2. The largest absolute Gasteiger partial charge is 0.365 e. The molecule has 2 aliphatic heterocycles. The van der Waals surface area contributed by atoms with Crippen LogP contribution in [0, 0.1) is 17.7 Å². The van der Waals surface area contributed by atoms with Gasteiger partial charge >= 0.3 is 0 Å². The van der Waals surface area contributed by atoms with Gasteiger partial charge in [0, 0.05) is 38.4 Å². The van der Waals surface area contributed by atoms with Crippen LogP contribution in [0.15, 0.2) is 48.5 Å². The van der Waals surface area contributed by atoms with Gasteiger partial charge in [-0.1, -0.05) is 30.3 Å². The van der Waals surface area contributed by atoms with E-state index in [1.54, 1.807) is 0 Å². The van der Waals surface area contributed by atoms with Crippen molar-refractivity contribution in [1.82, 2.24) is 10.2 Å². The van der Waals surface area contributed by atoms with Gasteiger partial charge in [-0.3, -0.25) is 9.69 Å². The smallest absolute Gasteiger partial charge is 0.225 e. The van der Waals surface area contributed by atoms with Gasteiger partial charge in [-0.25, -0.2) is 4.39 Å². The lowest BCUT2D eigenvalue weighted by Crippen LogP contribution is -2.61. The molecule has 0 unspecified atom stereocenters. The molecular formula is C24H28FN3O. The van der Waals surface area contributed by atoms with Crippen LogP contribution in [0.5, 0.6) is 0 Å². The molecule has 2 heterocycles. The van der Waals surface area contributed by atoms with Gasteiger partial charge < -0.3 is 10.2 Å². The maximum absolute atomic E-state index is 13.2. The third kappa shape index (κ3) is 4.01. The SMILES string of the molecule is O=C(NCC1CC1)[C@H]1Cc2ccccc2N2CCN(Cc3ccc(F)cc3)C[C@@H]12. The minimum atomic E-state index is -0.199. The van der Waals surface area contributed by atoms with E-state index in [0.29, 0.717) is 5.92 Å². The Morgan fingerprint density at radius 3 is 2.66 bits per heavy atom. The van der Waals surface area contributed by atoms with Gasteiger partial charge in [-0.05, 0) is 54.5 Å². The van der Waals surface area contributed by atoms with Crippen LogP contribution in [0.1, 0.15) is 24.0 Å². The van der Waals surface area contributed by atoms with Crippen molar-refractivity contribution in [2.45, 2.75) is 31.8 Å². The molecule has 0 spiro atoms. The number of carbonyl (C=O) groups excluding carboxylic acids is 1. The summed E-state index contributed by atoms with van der Waals surface area (Å²) in [5, 5.41) is 3.22. The van der Waals surface area contributed by atoms with Crippen LogP contribution in [-0.4, -0.2) is 43.0 Å². The second-order valence-electron chi connectivity index (χ2n) is 8.75. The number of nitrogens with one attached hydrogen (secondary N) is 1. The van der Waals surface area contributed by atoms with Crippen molar-refractivity contribution >= 4 is 11.6 Å². The predicted molar refractivity (Wildman–Crippen MR) is 112 cm³/mol. The summed E-state index contributed by atoms with van der Waals surface area (Å²) in [6.07, 6.45) is 3.29. The lowest BCUT2D eigenvalue weighted by atomic mass is 9.83. The molecule has 1 saturated carbocycles. The first-order valence-corrected chi connectivity index (χ1v) is 10.8. The van der Waals surface area contributed by atoms with E-state index in [1.807, 2.05) is 12.1 Å². The number of nitrogens with zero attached hydrogens (tertiary/aromatic N) is 2. The fourth-order valence-corrected chi connectivity index (χ4v) is 4.81. The van der Waals surface area contributed by atoms with Gasteiger partial charge in [0.15, 0.2) is 0 Å². The van der Waals surface area contributed by atoms with E-state index in [4.69, 9.17) is 0 Å². The topological polar surface area (TPSA) is 35.6 Å². The Morgan fingerprint density at radius 1 is 1.07 bits per heavy atom. The number of hydrogen-bond donors (Lipinski definition) is 1. The molecule has 2 fully saturated rings. The standard InChI is InChI=1S/C24H28FN3O/c25-20-9-7-18(8-10-20)15-27-11-12-28-22-4-2-1-3-19(22)13-21(23(28)16-27)24(29)26-14-17-5-6-17/h1-4,7-10,17,21,23H,5-6,11-16H2,(H,26,29)/t21-,23-/m0/s1. The van der Waals surface area contributed by atoms with Gasteiger partial charge in [0.1, 0.15) is 5.82 Å². The number of piperazine rings is 1. The molecule has 152 valence electrons. The highest BCUT2D eigenvalue weighted by atomic mass is 19.1. The number of amides is 1. The average Bonchev–Trinajstić information content (AvgIpc) is 3.57. The molecule has 1 amide bonds. The number of anilines is 1. The number of benzene rings is 2. The summed E-state index contributed by atoms with van der Waals surface area (Å²) < 4.78 is 13.2. The molecule has 2 atom stereocenters. The van der Waals surface area contributed by atoms with E-state index in [-0.39, 0.29) is 23.7 Å². The van der Waals surface area contributed by atoms with E-state index in [2.05, 4.69) is 39.4 Å². The minimum absolute atomic E-state index is 0.0281. The Kier molecular flexibility index (Phi) is 5.00. The highest BCUT2D eigenvalue weighted by Crippen LogP contribution is 2.36. The zero-order chi connectivity index (χ0) is 19.8. The molecule has 4 nitrogen and oxygen atoms in total. The van der Waals surface area contributed by atoms with Crippen molar-refractivity contribution in [3.05, 3.63) is 65.5 Å². The maximum atomic E-state index is 13.2. The lowest BCUT2D eigenvalue weighted by molar-refractivity contribution is -0.126. The van der Waals surface area contributed by atoms with Crippen LogP contribution in [0.2, 0.25) is 0 Å². The zero-order valence-electron chi connectivity index (χ0n) is 16.7. The van der Waals surface area contributed by atoms with Crippen molar-refractivity contribution in [3.63, 3.8) is 0 Å². The highest BCUT2D eigenvalue weighted by molar-refractivity contribution is 5.82. The Labute approximate surface area is 171 Å². The molecule has 2 aromatic rings. The number of carbonyl (C=O) groups is 1. The second-order valence-corrected chi connectivity index (χ2v) is 8.75. The zero-order valence-corrected chi connectivity index (χ0v) is 16.7. The third-order valence-corrected chi connectivity index (χ3v) is 6.63. The van der Waals surface area contributed by atoms with Crippen LogP contribution in [0.25, 0.3) is 0 Å². The normalized spacial score (nSPS) is 24.0. The number of para-hydroxylation sites is 1. The summed E-state index contributed by atoms with van der Waals surface area (Å²) in [6.45, 7) is 4.33. The molecule has 1 aliphatic carbocycles. The van der Waals surface area contributed by atoms with Crippen molar-refractivity contribution in [2.24, 2.45) is 11.8 Å². The van der Waals surface area contributed by atoms with Crippen LogP contribution in [-0.2, 0) is 17.8 Å². The first kappa shape index (κ1) is 18.6. The summed E-state index contributed by atoms with van der Waals surface area (Å²) in [4.78, 5) is 18.0. The monoisotopic (exact) mass is 393 g/mol. The minimum Gasteiger partial charge on any atom is -0.365 e. The Balaban J connectivity index is 1.35. The third-order valence-electron chi connectivity index (χ3n) is 6.63. The second kappa shape index (κ2) is 7.79. The van der Waals surface area contributed by atoms with Crippen molar-refractivity contribution in [3.8, 4) is 0 Å². The first-order valence-electron chi connectivity index (χ1n) is 10.8. The Morgan fingerprint density at radius 2 is 1.86 bits per heavy atom. The van der Waals surface area contributed by atoms with E-state index >= 15 is 0 Å². The van der Waals surface area contributed by atoms with Crippen molar-refractivity contribution < 1.29 is 9.18 Å². The summed E-state index contributed by atoms with van der Waals surface area (Å²) in [5.74, 6) is 0.659. The molecule has 2 aromatic carbocycles. The van der Waals surface area contributed by atoms with E-state index in [1.165, 1.54) is 36.2 Å². The van der Waals surface area contributed by atoms with E-state index in [0.717, 1.165) is 44.7 Å². The molecule has 1 saturated heterocycles. The van der Waals surface area contributed by atoms with Gasteiger partial charge in [-0.2, -0.15) is 0 Å². The molecule has 5 heteroatoms. The van der Waals surface area contributed by atoms with Crippen molar-refractivity contribution in [1.29, 1.82) is 0 Å².